The monoisotopic (exact) mass is 404 g/mol. The van der Waals surface area contributed by atoms with Crippen LogP contribution in [0.1, 0.15) is 65.9 Å². The van der Waals surface area contributed by atoms with Crippen molar-refractivity contribution in [3.05, 3.63) is 52.9 Å². The minimum atomic E-state index is -0.465. The molecule has 0 radical (unpaired) electrons. The fourth-order valence-electron chi connectivity index (χ4n) is 5.98. The van der Waals surface area contributed by atoms with Crippen molar-refractivity contribution in [1.29, 1.82) is 0 Å². The van der Waals surface area contributed by atoms with Gasteiger partial charge in [0, 0.05) is 41.0 Å². The van der Waals surface area contributed by atoms with Crippen molar-refractivity contribution >= 4 is 11.5 Å². The lowest BCUT2D eigenvalue weighted by molar-refractivity contribution is -0.119. The van der Waals surface area contributed by atoms with Crippen LogP contribution in [-0.4, -0.2) is 24.0 Å². The normalized spacial score (nSPS) is 31.0. The molecule has 5 heteroatoms. The summed E-state index contributed by atoms with van der Waals surface area (Å²) >= 11 is 0. The maximum absolute atomic E-state index is 13.6. The molecule has 1 unspecified atom stereocenters. The molecule has 5 rings (SSSR count). The molecule has 0 aromatic heterocycles. The predicted octanol–water partition coefficient (Wildman–Crippen LogP) is 5.25. The molecule has 1 aromatic carbocycles. The van der Waals surface area contributed by atoms with Gasteiger partial charge in [0.15, 0.2) is 11.9 Å². The molecule has 30 heavy (non-hydrogen) atoms. The number of carbonyl (C=O) groups excluding carboxylic acids is 1. The van der Waals surface area contributed by atoms with E-state index in [0.29, 0.717) is 6.42 Å². The molecule has 158 valence electrons. The Balaban J connectivity index is 1.70. The molecule has 2 atom stereocenters. The molecular weight excluding hydrogens is 372 g/mol. The summed E-state index contributed by atoms with van der Waals surface area (Å²) in [5.74, 6) is 0.261. The molecule has 0 spiro atoms. The van der Waals surface area contributed by atoms with E-state index in [-0.39, 0.29) is 22.9 Å². The Morgan fingerprint density at radius 1 is 1.20 bits per heavy atom. The number of hydrogen-bond acceptors (Lipinski definition) is 5. The first kappa shape index (κ1) is 19.5. The quantitative estimate of drug-likeness (QED) is 0.749. The van der Waals surface area contributed by atoms with Crippen LogP contribution in [0.15, 0.2) is 57.5 Å². The van der Waals surface area contributed by atoms with Crippen molar-refractivity contribution in [3.63, 3.8) is 0 Å². The molecule has 1 aromatic rings. The van der Waals surface area contributed by atoms with Crippen molar-refractivity contribution in [2.75, 3.05) is 11.4 Å². The zero-order valence-corrected chi connectivity index (χ0v) is 18.7. The van der Waals surface area contributed by atoms with E-state index in [1.54, 1.807) is 0 Å². The van der Waals surface area contributed by atoms with Crippen LogP contribution in [0.5, 0.6) is 0 Å². The van der Waals surface area contributed by atoms with E-state index in [9.17, 15) is 4.79 Å². The largest absolute Gasteiger partial charge is 0.366 e. The Hall–Kier alpha value is -2.43. The molecule has 5 nitrogen and oxygen atoms in total. The highest BCUT2D eigenvalue weighted by atomic mass is 16.1. The van der Waals surface area contributed by atoms with E-state index < -0.39 is 5.41 Å². The SMILES string of the molecule is CC[C@@]1(c2cccc(N3CCC3(C)C)c2)C2=CN=NC2NC2=C1C(=O)CC(C)(C)C2. The summed E-state index contributed by atoms with van der Waals surface area (Å²) < 4.78 is 0. The Kier molecular flexibility index (Phi) is 4.09. The third kappa shape index (κ3) is 2.63. The van der Waals surface area contributed by atoms with Crippen molar-refractivity contribution in [2.24, 2.45) is 15.6 Å². The summed E-state index contributed by atoms with van der Waals surface area (Å²) in [5, 5.41) is 12.3. The highest BCUT2D eigenvalue weighted by Gasteiger charge is 2.53. The summed E-state index contributed by atoms with van der Waals surface area (Å²) in [5.41, 5.74) is 5.23. The predicted molar refractivity (Wildman–Crippen MR) is 119 cm³/mol. The second-order valence-corrected chi connectivity index (χ2v) is 10.7. The smallest absolute Gasteiger partial charge is 0.164 e. The van der Waals surface area contributed by atoms with Gasteiger partial charge < -0.3 is 10.2 Å². The van der Waals surface area contributed by atoms with Gasteiger partial charge in [-0.15, -0.1) is 0 Å². The van der Waals surface area contributed by atoms with E-state index >= 15 is 0 Å². The Bertz CT molecular complexity index is 1020. The van der Waals surface area contributed by atoms with Crippen LogP contribution in [-0.2, 0) is 10.2 Å². The number of Topliss-reactive ketones (excluding diaryl/α,β-unsaturated/α-hetero) is 1. The molecule has 3 heterocycles. The van der Waals surface area contributed by atoms with Crippen molar-refractivity contribution in [3.8, 4) is 0 Å². The molecule has 1 saturated heterocycles. The number of rotatable bonds is 3. The van der Waals surface area contributed by atoms with Crippen LogP contribution in [0.25, 0.3) is 0 Å². The van der Waals surface area contributed by atoms with Crippen LogP contribution in [0.2, 0.25) is 0 Å². The number of fused-ring (bicyclic) bond motifs is 1. The van der Waals surface area contributed by atoms with Gasteiger partial charge in [-0.25, -0.2) is 0 Å². The topological polar surface area (TPSA) is 57.1 Å². The van der Waals surface area contributed by atoms with Gasteiger partial charge in [0.1, 0.15) is 0 Å². The summed E-state index contributed by atoms with van der Waals surface area (Å²) in [6.07, 6.45) is 5.19. The highest BCUT2D eigenvalue weighted by Crippen LogP contribution is 2.54. The van der Waals surface area contributed by atoms with Crippen molar-refractivity contribution < 1.29 is 4.79 Å². The zero-order chi connectivity index (χ0) is 21.3. The molecule has 1 aliphatic carbocycles. The Morgan fingerprint density at radius 3 is 2.67 bits per heavy atom. The first-order valence-electron chi connectivity index (χ1n) is 11.2. The maximum atomic E-state index is 13.6. The fraction of sp³-hybridized carbons (Fsp3) is 0.560. The number of carbonyl (C=O) groups is 1. The number of benzene rings is 1. The number of hydrogen-bond donors (Lipinski definition) is 1. The highest BCUT2D eigenvalue weighted by molar-refractivity contribution is 6.01. The molecule has 1 N–H and O–H groups in total. The van der Waals surface area contributed by atoms with E-state index in [0.717, 1.165) is 36.2 Å². The van der Waals surface area contributed by atoms with Crippen LogP contribution >= 0.6 is 0 Å². The van der Waals surface area contributed by atoms with E-state index in [1.807, 2.05) is 6.20 Å². The van der Waals surface area contributed by atoms with Gasteiger partial charge in [0.25, 0.3) is 0 Å². The number of allylic oxidation sites excluding steroid dienone is 2. The summed E-state index contributed by atoms with van der Waals surface area (Å²) in [6, 6.07) is 8.85. The molecule has 0 bridgehead atoms. The Labute approximate surface area is 179 Å². The Morgan fingerprint density at radius 2 is 2.00 bits per heavy atom. The second-order valence-electron chi connectivity index (χ2n) is 10.7. The first-order chi connectivity index (χ1) is 14.2. The third-order valence-electron chi connectivity index (χ3n) is 7.64. The molecule has 3 aliphatic heterocycles. The minimum Gasteiger partial charge on any atom is -0.366 e. The lowest BCUT2D eigenvalue weighted by Crippen LogP contribution is -2.56. The van der Waals surface area contributed by atoms with Crippen LogP contribution in [0.3, 0.4) is 0 Å². The standard InChI is InChI=1S/C25H32N4O/c1-6-25(16-8-7-9-17(12-16)29-11-10-24(29,4)5)18-15-26-28-22(18)27-19-13-23(2,3)14-20(30)21(19)25/h7-9,12,15,22,27H,6,10-11,13-14H2,1-5H3/t22?,25-/m1/s1. The van der Waals surface area contributed by atoms with E-state index in [2.05, 4.69) is 79.3 Å². The number of nitrogens with one attached hydrogen (secondary N) is 1. The van der Waals surface area contributed by atoms with Gasteiger partial charge in [0.05, 0.1) is 11.6 Å². The summed E-state index contributed by atoms with van der Waals surface area (Å²) in [7, 11) is 0. The second kappa shape index (κ2) is 6.29. The lowest BCUT2D eigenvalue weighted by Gasteiger charge is -2.51. The average molecular weight is 405 g/mol. The van der Waals surface area contributed by atoms with Crippen LogP contribution in [0.4, 0.5) is 5.69 Å². The first-order valence-corrected chi connectivity index (χ1v) is 11.2. The fourth-order valence-corrected chi connectivity index (χ4v) is 5.98. The number of ketones is 1. The van der Waals surface area contributed by atoms with Gasteiger partial charge >= 0.3 is 0 Å². The van der Waals surface area contributed by atoms with Gasteiger partial charge in [-0.05, 0) is 56.2 Å². The van der Waals surface area contributed by atoms with Gasteiger partial charge in [-0.2, -0.15) is 10.2 Å². The molecule has 0 saturated carbocycles. The van der Waals surface area contributed by atoms with Gasteiger partial charge in [0.2, 0.25) is 0 Å². The molecule has 0 amide bonds. The van der Waals surface area contributed by atoms with Gasteiger partial charge in [-0.1, -0.05) is 32.9 Å². The lowest BCUT2D eigenvalue weighted by atomic mass is 9.59. The summed E-state index contributed by atoms with van der Waals surface area (Å²) in [4.78, 5) is 16.0. The molecular formula is C25H32N4O. The van der Waals surface area contributed by atoms with E-state index in [4.69, 9.17) is 0 Å². The summed E-state index contributed by atoms with van der Waals surface area (Å²) in [6.45, 7) is 12.2. The number of nitrogens with zero attached hydrogens (tertiary/aromatic N) is 3. The van der Waals surface area contributed by atoms with Crippen molar-refractivity contribution in [2.45, 2.75) is 77.4 Å². The number of azo groups is 1. The number of anilines is 1. The van der Waals surface area contributed by atoms with Crippen LogP contribution in [0, 0.1) is 5.41 Å². The molecule has 1 fully saturated rings. The zero-order valence-electron chi connectivity index (χ0n) is 18.7. The maximum Gasteiger partial charge on any atom is 0.164 e. The van der Waals surface area contributed by atoms with Gasteiger partial charge in [-0.3, -0.25) is 4.79 Å². The minimum absolute atomic E-state index is 0.0388. The molecule has 4 aliphatic rings. The van der Waals surface area contributed by atoms with Crippen LogP contribution < -0.4 is 10.2 Å². The van der Waals surface area contributed by atoms with Crippen molar-refractivity contribution in [1.82, 2.24) is 5.32 Å². The van der Waals surface area contributed by atoms with E-state index in [1.165, 1.54) is 17.7 Å². The average Bonchev–Trinajstić information content (AvgIpc) is 3.13. The third-order valence-corrected chi connectivity index (χ3v) is 7.64.